The van der Waals surface area contributed by atoms with E-state index in [4.69, 9.17) is 5.73 Å². The van der Waals surface area contributed by atoms with Gasteiger partial charge in [0.25, 0.3) is 0 Å². The first-order valence-corrected chi connectivity index (χ1v) is 10.6. The number of piperidine rings is 1. The van der Waals surface area contributed by atoms with Crippen molar-refractivity contribution in [2.45, 2.75) is 45.1 Å². The molecule has 1 aliphatic rings. The Bertz CT molecular complexity index is 721. The molecule has 0 aromatic heterocycles. The maximum Gasteiger partial charge on any atom is 0.226 e. The number of hydrogen-bond donors (Lipinski definition) is 1. The number of hydrogen-bond acceptors (Lipinski definition) is 3. The first kappa shape index (κ1) is 20.6. The molecule has 0 unspecified atom stereocenters. The van der Waals surface area contributed by atoms with E-state index in [0.29, 0.717) is 19.0 Å². The zero-order chi connectivity index (χ0) is 19.8. The van der Waals surface area contributed by atoms with E-state index in [1.165, 1.54) is 11.1 Å². The number of carbonyl (C=O) groups is 1. The van der Waals surface area contributed by atoms with E-state index >= 15 is 0 Å². The minimum absolute atomic E-state index is 0.224. The van der Waals surface area contributed by atoms with Gasteiger partial charge in [-0.2, -0.15) is 0 Å². The summed E-state index contributed by atoms with van der Waals surface area (Å²) in [5.74, 6) is 0.224. The van der Waals surface area contributed by atoms with Crippen LogP contribution in [0, 0.1) is 0 Å². The minimum atomic E-state index is 0.224. The summed E-state index contributed by atoms with van der Waals surface area (Å²) in [7, 11) is 0. The van der Waals surface area contributed by atoms with Crippen LogP contribution in [0.3, 0.4) is 0 Å². The first-order chi connectivity index (χ1) is 13.7. The third-order valence-corrected chi connectivity index (χ3v) is 5.70. The van der Waals surface area contributed by atoms with Crippen molar-refractivity contribution in [3.8, 4) is 0 Å². The highest BCUT2D eigenvalue weighted by Gasteiger charge is 2.28. The van der Waals surface area contributed by atoms with Crippen molar-refractivity contribution in [1.29, 1.82) is 0 Å². The summed E-state index contributed by atoms with van der Waals surface area (Å²) in [5.41, 5.74) is 9.35. The fraction of sp³-hybridized carbons (Fsp3) is 0.458. The normalized spacial score (nSPS) is 15.5. The molecule has 0 aliphatic carbocycles. The smallest absolute Gasteiger partial charge is 0.226 e. The molecule has 0 atom stereocenters. The summed E-state index contributed by atoms with van der Waals surface area (Å²) < 4.78 is 0. The third-order valence-electron chi connectivity index (χ3n) is 5.70. The Morgan fingerprint density at radius 3 is 2.18 bits per heavy atom. The summed E-state index contributed by atoms with van der Waals surface area (Å²) in [4.78, 5) is 17.1. The van der Waals surface area contributed by atoms with Crippen LogP contribution in [0.2, 0.25) is 0 Å². The van der Waals surface area contributed by atoms with Gasteiger partial charge in [0.1, 0.15) is 0 Å². The Morgan fingerprint density at radius 1 is 1.00 bits per heavy atom. The van der Waals surface area contributed by atoms with Gasteiger partial charge in [-0.3, -0.25) is 4.79 Å². The summed E-state index contributed by atoms with van der Waals surface area (Å²) in [6, 6.07) is 19.3. The summed E-state index contributed by atoms with van der Waals surface area (Å²) in [6.45, 7) is 5.84. The highest BCUT2D eigenvalue weighted by molar-refractivity contribution is 5.93. The first-order valence-electron chi connectivity index (χ1n) is 10.6. The predicted octanol–water partition coefficient (Wildman–Crippen LogP) is 3.64. The van der Waals surface area contributed by atoms with E-state index in [0.717, 1.165) is 51.0 Å². The number of amides is 1. The molecule has 1 saturated heterocycles. The molecule has 2 N–H and O–H groups in total. The van der Waals surface area contributed by atoms with Crippen LogP contribution in [0.4, 0.5) is 5.69 Å². The lowest BCUT2D eigenvalue weighted by Crippen LogP contribution is -2.47. The van der Waals surface area contributed by atoms with Gasteiger partial charge < -0.3 is 15.5 Å². The zero-order valence-electron chi connectivity index (χ0n) is 17.0. The lowest BCUT2D eigenvalue weighted by atomic mass is 10.0. The monoisotopic (exact) mass is 379 g/mol. The van der Waals surface area contributed by atoms with Gasteiger partial charge >= 0.3 is 0 Å². The highest BCUT2D eigenvalue weighted by Crippen LogP contribution is 2.24. The molecule has 0 bridgehead atoms. The number of likely N-dealkylation sites (tertiary alicyclic amines) is 1. The summed E-state index contributed by atoms with van der Waals surface area (Å²) >= 11 is 0. The van der Waals surface area contributed by atoms with Gasteiger partial charge in [0.15, 0.2) is 0 Å². The van der Waals surface area contributed by atoms with E-state index < -0.39 is 0 Å². The Hall–Kier alpha value is -2.17. The molecule has 28 heavy (non-hydrogen) atoms. The second kappa shape index (κ2) is 10.4. The molecule has 1 amide bonds. The highest BCUT2D eigenvalue weighted by atomic mass is 16.2. The standard InChI is InChI=1S/C24H33N3O/c1-2-24(28)27(22-6-4-3-5-7-22)23-14-18-26(19-15-23)17-13-21-10-8-20(9-11-21)12-16-25/h3-11,23H,2,12-19,25H2,1H3. The van der Waals surface area contributed by atoms with Gasteiger partial charge in [0, 0.05) is 37.8 Å². The van der Waals surface area contributed by atoms with Crippen LogP contribution in [0.15, 0.2) is 54.6 Å². The van der Waals surface area contributed by atoms with Gasteiger partial charge in [-0.25, -0.2) is 0 Å². The van der Waals surface area contributed by atoms with Crippen LogP contribution in [-0.4, -0.2) is 43.0 Å². The molecule has 1 fully saturated rings. The Kier molecular flexibility index (Phi) is 7.63. The van der Waals surface area contributed by atoms with Crippen LogP contribution >= 0.6 is 0 Å². The maximum atomic E-state index is 12.6. The SMILES string of the molecule is CCC(=O)N(c1ccccc1)C1CCN(CCc2ccc(CCN)cc2)CC1. The average molecular weight is 380 g/mol. The molecular weight excluding hydrogens is 346 g/mol. The van der Waals surface area contributed by atoms with Crippen molar-refractivity contribution in [2.75, 3.05) is 31.1 Å². The summed E-state index contributed by atoms with van der Waals surface area (Å²) in [6.07, 6.45) is 4.65. The van der Waals surface area contributed by atoms with Gasteiger partial charge in [-0.1, -0.05) is 49.4 Å². The predicted molar refractivity (Wildman–Crippen MR) is 117 cm³/mol. The number of benzene rings is 2. The van der Waals surface area contributed by atoms with Crippen molar-refractivity contribution < 1.29 is 4.79 Å². The van der Waals surface area contributed by atoms with Gasteiger partial charge in [-0.15, -0.1) is 0 Å². The zero-order valence-corrected chi connectivity index (χ0v) is 17.0. The van der Waals surface area contributed by atoms with Crippen molar-refractivity contribution in [2.24, 2.45) is 5.73 Å². The molecule has 2 aromatic carbocycles. The van der Waals surface area contributed by atoms with Crippen molar-refractivity contribution in [1.82, 2.24) is 4.90 Å². The molecule has 4 heteroatoms. The molecule has 1 heterocycles. The van der Waals surface area contributed by atoms with E-state index in [9.17, 15) is 4.79 Å². The van der Waals surface area contributed by atoms with E-state index in [1.807, 2.05) is 42.2 Å². The quantitative estimate of drug-likeness (QED) is 0.762. The lowest BCUT2D eigenvalue weighted by molar-refractivity contribution is -0.119. The third kappa shape index (κ3) is 5.43. The van der Waals surface area contributed by atoms with E-state index in [-0.39, 0.29) is 5.91 Å². The Morgan fingerprint density at radius 2 is 1.61 bits per heavy atom. The van der Waals surface area contributed by atoms with Crippen LogP contribution in [0.1, 0.15) is 37.3 Å². The number of anilines is 1. The van der Waals surface area contributed by atoms with Crippen LogP contribution in [0.5, 0.6) is 0 Å². The largest absolute Gasteiger partial charge is 0.330 e. The molecule has 0 radical (unpaired) electrons. The molecule has 1 aliphatic heterocycles. The molecule has 150 valence electrons. The fourth-order valence-corrected chi connectivity index (χ4v) is 4.05. The van der Waals surface area contributed by atoms with E-state index in [2.05, 4.69) is 29.2 Å². The number of rotatable bonds is 8. The van der Waals surface area contributed by atoms with Crippen molar-refractivity contribution >= 4 is 11.6 Å². The molecule has 4 nitrogen and oxygen atoms in total. The summed E-state index contributed by atoms with van der Waals surface area (Å²) in [5, 5.41) is 0. The topological polar surface area (TPSA) is 49.6 Å². The fourth-order valence-electron chi connectivity index (χ4n) is 4.05. The molecular formula is C24H33N3O. The Balaban J connectivity index is 1.52. The van der Waals surface area contributed by atoms with Gasteiger partial charge in [0.2, 0.25) is 5.91 Å². The van der Waals surface area contributed by atoms with Crippen molar-refractivity contribution in [3.05, 3.63) is 65.7 Å². The molecule has 3 rings (SSSR count). The minimum Gasteiger partial charge on any atom is -0.330 e. The van der Waals surface area contributed by atoms with Crippen LogP contribution in [-0.2, 0) is 17.6 Å². The second-order valence-electron chi connectivity index (χ2n) is 7.63. The maximum absolute atomic E-state index is 12.6. The molecule has 0 spiro atoms. The van der Waals surface area contributed by atoms with Crippen LogP contribution in [0.25, 0.3) is 0 Å². The second-order valence-corrected chi connectivity index (χ2v) is 7.63. The van der Waals surface area contributed by atoms with E-state index in [1.54, 1.807) is 0 Å². The Labute approximate surface area is 169 Å². The lowest BCUT2D eigenvalue weighted by Gasteiger charge is -2.38. The van der Waals surface area contributed by atoms with Crippen molar-refractivity contribution in [3.63, 3.8) is 0 Å². The molecule has 2 aromatic rings. The van der Waals surface area contributed by atoms with Crippen LogP contribution < -0.4 is 10.6 Å². The number of para-hydroxylation sites is 1. The molecule has 0 saturated carbocycles. The number of nitrogens with two attached hydrogens (primary N) is 1. The van der Waals surface area contributed by atoms with Gasteiger partial charge in [0.05, 0.1) is 0 Å². The number of nitrogens with zero attached hydrogens (tertiary/aromatic N) is 2. The average Bonchev–Trinajstić information content (AvgIpc) is 2.75. The number of carbonyl (C=O) groups excluding carboxylic acids is 1. The van der Waals surface area contributed by atoms with Gasteiger partial charge in [-0.05, 0) is 55.5 Å².